The summed E-state index contributed by atoms with van der Waals surface area (Å²) in [5.41, 5.74) is 0. The van der Waals surface area contributed by atoms with E-state index in [-0.39, 0.29) is 0 Å². The molecule has 1 nitrogen and oxygen atoms in total. The van der Waals surface area contributed by atoms with Gasteiger partial charge in [-0.15, -0.1) is 11.3 Å². The maximum atomic E-state index is 3.52. The maximum Gasteiger partial charge on any atom is 0.0115 e. The van der Waals surface area contributed by atoms with E-state index in [0.29, 0.717) is 6.04 Å². The van der Waals surface area contributed by atoms with Crippen LogP contribution in [0.5, 0.6) is 0 Å². The van der Waals surface area contributed by atoms with Crippen LogP contribution in [0.2, 0.25) is 0 Å². The standard InChI is InChI=1S/C15H25NS2/c1-3-14-4-5-15(18-14)11-13(16-2)10-12-6-8-17-9-7-12/h4-5,12-13,16H,3,6-11H2,1-2H3. The molecule has 0 bridgehead atoms. The molecule has 1 unspecified atom stereocenters. The van der Waals surface area contributed by atoms with Gasteiger partial charge in [-0.1, -0.05) is 6.92 Å². The van der Waals surface area contributed by atoms with Crippen LogP contribution in [0, 0.1) is 5.92 Å². The van der Waals surface area contributed by atoms with E-state index in [4.69, 9.17) is 0 Å². The molecule has 0 amide bonds. The van der Waals surface area contributed by atoms with Crippen LogP contribution in [0.15, 0.2) is 12.1 Å². The summed E-state index contributed by atoms with van der Waals surface area (Å²) in [6.07, 6.45) is 6.59. The Morgan fingerprint density at radius 3 is 2.61 bits per heavy atom. The lowest BCUT2D eigenvalue weighted by Gasteiger charge is -2.26. The van der Waals surface area contributed by atoms with Gasteiger partial charge in [0.15, 0.2) is 0 Å². The molecule has 1 aromatic heterocycles. The number of aryl methyl sites for hydroxylation is 1. The molecule has 1 atom stereocenters. The molecule has 0 spiro atoms. The number of likely N-dealkylation sites (N-methyl/N-ethyl adjacent to an activating group) is 1. The number of thiophene rings is 1. The summed E-state index contributed by atoms with van der Waals surface area (Å²) in [6.45, 7) is 2.24. The second kappa shape index (κ2) is 7.56. The van der Waals surface area contributed by atoms with Crippen LogP contribution in [-0.2, 0) is 12.8 Å². The topological polar surface area (TPSA) is 12.0 Å². The van der Waals surface area contributed by atoms with Gasteiger partial charge in [0.05, 0.1) is 0 Å². The molecular weight excluding hydrogens is 258 g/mol. The smallest absolute Gasteiger partial charge is 0.0115 e. The van der Waals surface area contributed by atoms with E-state index in [2.05, 4.69) is 43.2 Å². The van der Waals surface area contributed by atoms with Crippen molar-refractivity contribution in [1.82, 2.24) is 5.32 Å². The third-order valence-corrected chi connectivity index (χ3v) is 6.18. The van der Waals surface area contributed by atoms with E-state index < -0.39 is 0 Å². The predicted octanol–water partition coefficient (Wildman–Crippen LogP) is 3.97. The Hall–Kier alpha value is 0.01000. The molecule has 1 aliphatic heterocycles. The SMILES string of the molecule is CCc1ccc(CC(CC2CCSCC2)NC)s1. The average molecular weight is 284 g/mol. The Labute approximate surface area is 120 Å². The Balaban J connectivity index is 1.84. The summed E-state index contributed by atoms with van der Waals surface area (Å²) in [7, 11) is 2.12. The van der Waals surface area contributed by atoms with E-state index >= 15 is 0 Å². The summed E-state index contributed by atoms with van der Waals surface area (Å²) in [5.74, 6) is 3.70. The molecule has 0 aliphatic carbocycles. The quantitative estimate of drug-likeness (QED) is 0.847. The van der Waals surface area contributed by atoms with Crippen molar-refractivity contribution in [2.75, 3.05) is 18.6 Å². The van der Waals surface area contributed by atoms with Crippen LogP contribution in [0.25, 0.3) is 0 Å². The van der Waals surface area contributed by atoms with Crippen molar-refractivity contribution in [2.24, 2.45) is 5.92 Å². The zero-order chi connectivity index (χ0) is 12.8. The maximum absolute atomic E-state index is 3.52. The first-order valence-electron chi connectivity index (χ1n) is 7.14. The minimum atomic E-state index is 0.668. The Bertz CT molecular complexity index is 342. The van der Waals surface area contributed by atoms with Crippen molar-refractivity contribution >= 4 is 23.1 Å². The van der Waals surface area contributed by atoms with Crippen molar-refractivity contribution in [3.8, 4) is 0 Å². The highest BCUT2D eigenvalue weighted by molar-refractivity contribution is 7.99. The van der Waals surface area contributed by atoms with Gasteiger partial charge in [0, 0.05) is 15.8 Å². The van der Waals surface area contributed by atoms with Crippen LogP contribution in [0.3, 0.4) is 0 Å². The number of nitrogens with one attached hydrogen (secondary N) is 1. The molecule has 1 N–H and O–H groups in total. The lowest BCUT2D eigenvalue weighted by atomic mass is 9.92. The molecule has 0 aromatic carbocycles. The van der Waals surface area contributed by atoms with Crippen LogP contribution in [0.4, 0.5) is 0 Å². The second-order valence-corrected chi connectivity index (χ2v) is 7.68. The molecular formula is C15H25NS2. The van der Waals surface area contributed by atoms with Gasteiger partial charge in [0.1, 0.15) is 0 Å². The second-order valence-electron chi connectivity index (χ2n) is 5.20. The Morgan fingerprint density at radius 2 is 2.00 bits per heavy atom. The molecule has 2 rings (SSSR count). The largest absolute Gasteiger partial charge is 0.317 e. The van der Waals surface area contributed by atoms with Crippen molar-refractivity contribution in [3.63, 3.8) is 0 Å². The highest BCUT2D eigenvalue weighted by atomic mass is 32.2. The first kappa shape index (κ1) is 14.4. The molecule has 3 heteroatoms. The zero-order valence-corrected chi connectivity index (χ0v) is 13.2. The lowest BCUT2D eigenvalue weighted by molar-refractivity contribution is 0.377. The highest BCUT2D eigenvalue weighted by Crippen LogP contribution is 2.28. The first-order valence-corrected chi connectivity index (χ1v) is 9.11. The minimum Gasteiger partial charge on any atom is -0.317 e. The molecule has 1 aliphatic rings. The van der Waals surface area contributed by atoms with Crippen LogP contribution < -0.4 is 5.32 Å². The Morgan fingerprint density at radius 1 is 1.28 bits per heavy atom. The summed E-state index contributed by atoms with van der Waals surface area (Å²) in [5, 5.41) is 3.52. The van der Waals surface area contributed by atoms with Crippen LogP contribution in [-0.4, -0.2) is 24.6 Å². The fraction of sp³-hybridized carbons (Fsp3) is 0.733. The van der Waals surface area contributed by atoms with Crippen molar-refractivity contribution < 1.29 is 0 Å². The molecule has 1 saturated heterocycles. The van der Waals surface area contributed by atoms with Crippen molar-refractivity contribution in [3.05, 3.63) is 21.9 Å². The third-order valence-electron chi connectivity index (χ3n) is 3.88. The number of rotatable bonds is 6. The molecule has 2 heterocycles. The average Bonchev–Trinajstić information content (AvgIpc) is 2.87. The Kier molecular flexibility index (Phi) is 6.06. The summed E-state index contributed by atoms with van der Waals surface area (Å²) < 4.78 is 0. The normalized spacial score (nSPS) is 19.0. The van der Waals surface area contributed by atoms with Gasteiger partial charge in [0.25, 0.3) is 0 Å². The third kappa shape index (κ3) is 4.29. The molecule has 102 valence electrons. The van der Waals surface area contributed by atoms with Gasteiger partial charge >= 0.3 is 0 Å². The number of hydrogen-bond acceptors (Lipinski definition) is 3. The number of thioether (sulfide) groups is 1. The number of hydrogen-bond donors (Lipinski definition) is 1. The minimum absolute atomic E-state index is 0.668. The van der Waals surface area contributed by atoms with E-state index in [9.17, 15) is 0 Å². The van der Waals surface area contributed by atoms with Crippen LogP contribution >= 0.6 is 23.1 Å². The first-order chi connectivity index (χ1) is 8.81. The summed E-state index contributed by atoms with van der Waals surface area (Å²) in [4.78, 5) is 3.07. The fourth-order valence-electron chi connectivity index (χ4n) is 2.65. The van der Waals surface area contributed by atoms with Crippen molar-refractivity contribution in [1.29, 1.82) is 0 Å². The molecule has 0 radical (unpaired) electrons. The monoisotopic (exact) mass is 283 g/mol. The van der Waals surface area contributed by atoms with E-state index in [1.165, 1.54) is 48.5 Å². The highest BCUT2D eigenvalue weighted by Gasteiger charge is 2.18. The van der Waals surface area contributed by atoms with Gasteiger partial charge in [-0.25, -0.2) is 0 Å². The predicted molar refractivity (Wildman–Crippen MR) is 84.9 cm³/mol. The fourth-order valence-corrected chi connectivity index (χ4v) is 4.89. The van der Waals surface area contributed by atoms with E-state index in [1.807, 2.05) is 11.3 Å². The molecule has 0 saturated carbocycles. The molecule has 1 fully saturated rings. The lowest BCUT2D eigenvalue weighted by Crippen LogP contribution is -2.30. The molecule has 1 aromatic rings. The van der Waals surface area contributed by atoms with Gasteiger partial charge in [-0.2, -0.15) is 11.8 Å². The zero-order valence-electron chi connectivity index (χ0n) is 11.6. The molecule has 18 heavy (non-hydrogen) atoms. The van der Waals surface area contributed by atoms with Gasteiger partial charge in [-0.3, -0.25) is 0 Å². The van der Waals surface area contributed by atoms with Crippen LogP contribution in [0.1, 0.15) is 35.9 Å². The summed E-state index contributed by atoms with van der Waals surface area (Å²) in [6, 6.07) is 5.29. The van der Waals surface area contributed by atoms with E-state index in [0.717, 1.165) is 5.92 Å². The van der Waals surface area contributed by atoms with Gasteiger partial charge < -0.3 is 5.32 Å². The van der Waals surface area contributed by atoms with Gasteiger partial charge in [0.2, 0.25) is 0 Å². The van der Waals surface area contributed by atoms with Crippen molar-refractivity contribution in [2.45, 2.75) is 45.1 Å². The van der Waals surface area contributed by atoms with Gasteiger partial charge in [-0.05, 0) is 68.7 Å². The summed E-state index contributed by atoms with van der Waals surface area (Å²) >= 11 is 4.12. The van der Waals surface area contributed by atoms with E-state index in [1.54, 1.807) is 4.88 Å².